The van der Waals surface area contributed by atoms with Crippen molar-refractivity contribution >= 4 is 45.7 Å². The first kappa shape index (κ1) is 18.9. The number of thiophene rings is 1. The molecule has 0 atom stereocenters. The molecule has 2 heterocycles. The first-order valence-electron chi connectivity index (χ1n) is 9.07. The molecule has 0 saturated carbocycles. The third-order valence-corrected chi connectivity index (χ3v) is 12.9. The summed E-state index contributed by atoms with van der Waals surface area (Å²) in [6, 6.07) is 6.60. The summed E-state index contributed by atoms with van der Waals surface area (Å²) < 4.78 is 2.70. The van der Waals surface area contributed by atoms with Crippen LogP contribution in [-0.4, -0.2) is 18.0 Å². The molecule has 0 N–H and O–H groups in total. The quantitative estimate of drug-likeness (QED) is 0.358. The van der Waals surface area contributed by atoms with Crippen LogP contribution in [0.4, 0.5) is 0 Å². The van der Waals surface area contributed by atoms with Gasteiger partial charge in [-0.1, -0.05) is 89.0 Å². The fourth-order valence-corrected chi connectivity index (χ4v) is 11.5. The fourth-order valence-electron chi connectivity index (χ4n) is 3.38. The molecule has 0 amide bonds. The van der Waals surface area contributed by atoms with Crippen LogP contribution in [0, 0.1) is 0 Å². The summed E-state index contributed by atoms with van der Waals surface area (Å²) in [6.45, 7) is 6.93. The van der Waals surface area contributed by atoms with E-state index in [-0.39, 0.29) is 0 Å². The lowest BCUT2D eigenvalue weighted by atomic mass is 10.4. The van der Waals surface area contributed by atoms with Crippen molar-refractivity contribution in [2.75, 3.05) is 0 Å². The summed E-state index contributed by atoms with van der Waals surface area (Å²) in [5.41, 5.74) is 1.05. The van der Waals surface area contributed by atoms with Gasteiger partial charge in [-0.05, 0) is 10.6 Å². The first-order chi connectivity index (χ1) is 11.2. The Hall–Kier alpha value is -0.453. The molecule has 2 nitrogen and oxygen atoms in total. The van der Waals surface area contributed by atoms with E-state index >= 15 is 0 Å². The molecule has 0 aliphatic rings. The Morgan fingerprint density at radius 3 is 2.00 bits per heavy atom. The van der Waals surface area contributed by atoms with Gasteiger partial charge in [0.1, 0.15) is 11.5 Å². The van der Waals surface area contributed by atoms with Crippen LogP contribution < -0.4 is 4.50 Å². The minimum Gasteiger partial charge on any atom is -0.235 e. The van der Waals surface area contributed by atoms with Crippen molar-refractivity contribution in [2.24, 2.45) is 0 Å². The van der Waals surface area contributed by atoms with Crippen LogP contribution in [0.5, 0.6) is 0 Å². The van der Waals surface area contributed by atoms with Crippen molar-refractivity contribution < 1.29 is 0 Å². The normalized spacial score (nSPS) is 12.2. The van der Waals surface area contributed by atoms with E-state index in [1.165, 1.54) is 56.7 Å². The van der Waals surface area contributed by atoms with Crippen molar-refractivity contribution in [3.63, 3.8) is 0 Å². The highest BCUT2D eigenvalue weighted by Crippen LogP contribution is 2.33. The second-order valence-electron chi connectivity index (χ2n) is 6.58. The Labute approximate surface area is 150 Å². The molecule has 0 radical (unpaired) electrons. The maximum atomic E-state index is 6.31. The maximum Gasteiger partial charge on any atom is 0.150 e. The average molecular weight is 369 g/mol. The molecular weight excluding hydrogens is 340 g/mol. The first-order valence-corrected chi connectivity index (χ1v) is 12.9. The van der Waals surface area contributed by atoms with Gasteiger partial charge in [-0.25, -0.2) is 9.97 Å². The van der Waals surface area contributed by atoms with Gasteiger partial charge in [0.25, 0.3) is 0 Å². The smallest absolute Gasteiger partial charge is 0.150 e. The van der Waals surface area contributed by atoms with Crippen molar-refractivity contribution in [1.29, 1.82) is 0 Å². The van der Waals surface area contributed by atoms with Gasteiger partial charge >= 0.3 is 0 Å². The fraction of sp³-hybridized carbons (Fsp3) is 0.667. The van der Waals surface area contributed by atoms with E-state index in [1.807, 2.05) is 11.3 Å². The number of hydrogen-bond donors (Lipinski definition) is 0. The van der Waals surface area contributed by atoms with Gasteiger partial charge in [-0.3, -0.25) is 0 Å². The molecule has 0 aliphatic heterocycles. The third-order valence-electron chi connectivity index (χ3n) is 4.82. The standard InChI is InChI=1S/C18H29ClN2SSi/c1-4-7-10-23(11-8-5-2,12-9-6-3)16-13-15-17(22-16)18(19)21-14-20-15/h13-14H,4-12H2,1-3H3. The number of fused-ring (bicyclic) bond motifs is 1. The summed E-state index contributed by atoms with van der Waals surface area (Å²) >= 11 is 8.20. The molecule has 2 rings (SSSR count). The topological polar surface area (TPSA) is 25.8 Å². The van der Waals surface area contributed by atoms with Gasteiger partial charge in [-0.15, -0.1) is 11.3 Å². The lowest BCUT2D eigenvalue weighted by molar-refractivity contribution is 0.801. The van der Waals surface area contributed by atoms with E-state index in [2.05, 4.69) is 36.8 Å². The van der Waals surface area contributed by atoms with Crippen LogP contribution in [0.3, 0.4) is 0 Å². The second-order valence-corrected chi connectivity index (χ2v) is 13.0. The average Bonchev–Trinajstić information content (AvgIpc) is 3.01. The van der Waals surface area contributed by atoms with E-state index in [0.717, 1.165) is 10.2 Å². The SMILES string of the molecule is CCCC[Si](CCCC)(CCCC)c1cc2ncnc(Cl)c2s1. The van der Waals surface area contributed by atoms with Gasteiger partial charge in [0.05, 0.1) is 18.3 Å². The Morgan fingerprint density at radius 1 is 0.957 bits per heavy atom. The molecule has 0 saturated heterocycles. The zero-order valence-corrected chi connectivity index (χ0v) is 17.3. The van der Waals surface area contributed by atoms with Crippen LogP contribution in [0.15, 0.2) is 12.4 Å². The lowest BCUT2D eigenvalue weighted by Crippen LogP contribution is -2.45. The summed E-state index contributed by atoms with van der Waals surface area (Å²) in [5, 5.41) is 0.621. The Balaban J connectivity index is 2.43. The number of rotatable bonds is 10. The van der Waals surface area contributed by atoms with Crippen molar-refractivity contribution in [3.05, 3.63) is 17.5 Å². The highest BCUT2D eigenvalue weighted by Gasteiger charge is 2.35. The predicted molar refractivity (Wildman–Crippen MR) is 107 cm³/mol. The van der Waals surface area contributed by atoms with Gasteiger partial charge in [0.15, 0.2) is 0 Å². The van der Waals surface area contributed by atoms with Gasteiger partial charge in [-0.2, -0.15) is 0 Å². The maximum absolute atomic E-state index is 6.31. The lowest BCUT2D eigenvalue weighted by Gasteiger charge is -2.31. The molecule has 0 aliphatic carbocycles. The minimum atomic E-state index is -1.45. The molecule has 0 fully saturated rings. The monoisotopic (exact) mass is 368 g/mol. The predicted octanol–water partition coefficient (Wildman–Crippen LogP) is 6.40. The van der Waals surface area contributed by atoms with E-state index in [4.69, 9.17) is 11.6 Å². The van der Waals surface area contributed by atoms with E-state index in [9.17, 15) is 0 Å². The largest absolute Gasteiger partial charge is 0.235 e. The Bertz CT molecular complexity index is 592. The minimum absolute atomic E-state index is 0.621. The molecule has 128 valence electrons. The molecule has 2 aromatic rings. The van der Waals surface area contributed by atoms with Gasteiger partial charge in [0.2, 0.25) is 0 Å². The van der Waals surface area contributed by atoms with Gasteiger partial charge in [0, 0.05) is 0 Å². The molecule has 23 heavy (non-hydrogen) atoms. The van der Waals surface area contributed by atoms with Crippen LogP contribution in [-0.2, 0) is 0 Å². The highest BCUT2D eigenvalue weighted by atomic mass is 35.5. The van der Waals surface area contributed by atoms with Crippen LogP contribution in [0.1, 0.15) is 59.3 Å². The number of aromatic nitrogens is 2. The molecule has 2 aromatic heterocycles. The van der Waals surface area contributed by atoms with Crippen molar-refractivity contribution in [3.8, 4) is 0 Å². The number of halogens is 1. The molecule has 0 aromatic carbocycles. The summed E-state index contributed by atoms with van der Waals surface area (Å²) in [5.74, 6) is 0. The van der Waals surface area contributed by atoms with Crippen LogP contribution in [0.25, 0.3) is 10.2 Å². The van der Waals surface area contributed by atoms with Crippen LogP contribution >= 0.6 is 22.9 Å². The zero-order valence-electron chi connectivity index (χ0n) is 14.7. The number of unbranched alkanes of at least 4 members (excludes halogenated alkanes) is 3. The molecule has 0 bridgehead atoms. The summed E-state index contributed by atoms with van der Waals surface area (Å²) in [6.07, 6.45) is 9.53. The van der Waals surface area contributed by atoms with E-state index < -0.39 is 8.07 Å². The third kappa shape index (κ3) is 4.55. The Morgan fingerprint density at radius 2 is 1.52 bits per heavy atom. The Kier molecular flexibility index (Phi) is 7.50. The van der Waals surface area contributed by atoms with Crippen molar-refractivity contribution in [1.82, 2.24) is 9.97 Å². The molecule has 5 heteroatoms. The van der Waals surface area contributed by atoms with E-state index in [1.54, 1.807) is 10.8 Å². The molecule has 0 unspecified atom stereocenters. The molecular formula is C18H29ClN2SSi. The zero-order chi connectivity index (χ0) is 16.7. The number of nitrogens with zero attached hydrogens (tertiary/aromatic N) is 2. The number of hydrogen-bond acceptors (Lipinski definition) is 3. The van der Waals surface area contributed by atoms with Crippen LogP contribution in [0.2, 0.25) is 23.3 Å². The summed E-state index contributed by atoms with van der Waals surface area (Å²) in [4.78, 5) is 8.62. The van der Waals surface area contributed by atoms with E-state index in [0.29, 0.717) is 5.15 Å². The molecule has 0 spiro atoms. The van der Waals surface area contributed by atoms with Gasteiger partial charge < -0.3 is 0 Å². The summed E-state index contributed by atoms with van der Waals surface area (Å²) in [7, 11) is -1.45. The van der Waals surface area contributed by atoms with Crippen molar-refractivity contribution in [2.45, 2.75) is 77.4 Å². The highest BCUT2D eigenvalue weighted by molar-refractivity contribution is 7.32. The second kappa shape index (κ2) is 9.14.